The van der Waals surface area contributed by atoms with Crippen LogP contribution >= 0.6 is 0 Å². The van der Waals surface area contributed by atoms with E-state index >= 15 is 0 Å². The van der Waals surface area contributed by atoms with E-state index in [0.29, 0.717) is 11.1 Å². The maximum Gasteiger partial charge on any atom is 0.157 e. The van der Waals surface area contributed by atoms with Crippen molar-refractivity contribution < 1.29 is 25.2 Å². The van der Waals surface area contributed by atoms with E-state index in [4.69, 9.17) is 0 Å². The summed E-state index contributed by atoms with van der Waals surface area (Å²) in [6.45, 7) is 0. The highest BCUT2D eigenvalue weighted by Gasteiger charge is 2.09. The van der Waals surface area contributed by atoms with Gasteiger partial charge in [0.25, 0.3) is 0 Å². The molecule has 0 fully saturated rings. The predicted octanol–water partition coefficient (Wildman–Crippen LogP) is 1.86. The van der Waals surface area contributed by atoms with Crippen LogP contribution in [0.2, 0.25) is 0 Å². The van der Waals surface area contributed by atoms with Crippen LogP contribution in [0.15, 0.2) is 36.4 Å². The highest BCUT2D eigenvalue weighted by molar-refractivity contribution is 5.83. The van der Waals surface area contributed by atoms with E-state index in [-0.39, 0.29) is 41.6 Å². The van der Waals surface area contributed by atoms with E-state index in [1.807, 2.05) is 0 Å². The molecule has 0 aromatic heterocycles. The number of rotatable bonds is 4. The number of Topliss-reactive ketones (excluding diaryl/α,β-unsaturated/α-hetero) is 1. The molecular formula is C15H14O5. The summed E-state index contributed by atoms with van der Waals surface area (Å²) in [5.74, 6) is -1.11. The maximum absolute atomic E-state index is 11.9. The Morgan fingerprint density at radius 1 is 0.700 bits per heavy atom. The summed E-state index contributed by atoms with van der Waals surface area (Å²) >= 11 is 0. The zero-order chi connectivity index (χ0) is 14.7. The van der Waals surface area contributed by atoms with Gasteiger partial charge < -0.3 is 20.4 Å². The van der Waals surface area contributed by atoms with Crippen LogP contribution in [0.25, 0.3) is 0 Å². The lowest BCUT2D eigenvalue weighted by Crippen LogP contribution is -2.06. The van der Waals surface area contributed by atoms with Gasteiger partial charge in [-0.3, -0.25) is 4.79 Å². The minimum absolute atomic E-state index is 0.107. The Labute approximate surface area is 115 Å². The molecule has 2 rings (SSSR count). The molecule has 0 spiro atoms. The molecule has 4 N–H and O–H groups in total. The van der Waals surface area contributed by atoms with Gasteiger partial charge in [-0.1, -0.05) is 12.1 Å². The summed E-state index contributed by atoms with van der Waals surface area (Å²) in [6.07, 6.45) is 0.213. The topological polar surface area (TPSA) is 98.0 Å². The molecule has 20 heavy (non-hydrogen) atoms. The predicted molar refractivity (Wildman–Crippen MR) is 72.0 cm³/mol. The minimum atomic E-state index is -0.266. The number of phenols is 4. The lowest BCUT2D eigenvalue weighted by molar-refractivity contribution is -0.117. The number of carbonyl (C=O) groups excluding carboxylic acids is 1. The molecule has 0 aliphatic heterocycles. The van der Waals surface area contributed by atoms with Crippen molar-refractivity contribution in [2.24, 2.45) is 0 Å². The van der Waals surface area contributed by atoms with Crippen molar-refractivity contribution in [2.75, 3.05) is 0 Å². The summed E-state index contributed by atoms with van der Waals surface area (Å²) in [6, 6.07) is 8.43. The number of hydrogen-bond donors (Lipinski definition) is 4. The van der Waals surface area contributed by atoms with E-state index in [0.717, 1.165) is 0 Å². The first-order chi connectivity index (χ1) is 9.45. The average molecular weight is 274 g/mol. The second-order valence-corrected chi connectivity index (χ2v) is 4.54. The fraction of sp³-hybridized carbons (Fsp3) is 0.133. The molecule has 0 unspecified atom stereocenters. The number of hydrogen-bond acceptors (Lipinski definition) is 5. The molecule has 0 aliphatic rings. The van der Waals surface area contributed by atoms with Crippen LogP contribution in [0.5, 0.6) is 23.0 Å². The van der Waals surface area contributed by atoms with Crippen LogP contribution < -0.4 is 0 Å². The van der Waals surface area contributed by atoms with Crippen LogP contribution in [0, 0.1) is 0 Å². The largest absolute Gasteiger partial charge is 0.504 e. The van der Waals surface area contributed by atoms with Crippen LogP contribution in [-0.4, -0.2) is 26.2 Å². The van der Waals surface area contributed by atoms with Crippen LogP contribution in [-0.2, 0) is 17.6 Å². The second kappa shape index (κ2) is 5.52. The van der Waals surface area contributed by atoms with Gasteiger partial charge in [-0.2, -0.15) is 0 Å². The van der Waals surface area contributed by atoms with Gasteiger partial charge in [-0.05, 0) is 35.4 Å². The highest BCUT2D eigenvalue weighted by Crippen LogP contribution is 2.26. The molecule has 104 valence electrons. The molecule has 0 bridgehead atoms. The first-order valence-corrected chi connectivity index (χ1v) is 5.99. The lowest BCUT2D eigenvalue weighted by atomic mass is 10.0. The number of carbonyl (C=O) groups is 1. The smallest absolute Gasteiger partial charge is 0.157 e. The van der Waals surface area contributed by atoms with E-state index in [9.17, 15) is 25.2 Å². The quantitative estimate of drug-likeness (QED) is 0.638. The van der Waals surface area contributed by atoms with Crippen LogP contribution in [0.3, 0.4) is 0 Å². The highest BCUT2D eigenvalue weighted by atomic mass is 16.3. The maximum atomic E-state index is 11.9. The van der Waals surface area contributed by atoms with Gasteiger partial charge in [-0.15, -0.1) is 0 Å². The van der Waals surface area contributed by atoms with Gasteiger partial charge in [-0.25, -0.2) is 0 Å². The Hall–Kier alpha value is -2.69. The summed E-state index contributed by atoms with van der Waals surface area (Å²) < 4.78 is 0. The monoisotopic (exact) mass is 274 g/mol. The third-order valence-corrected chi connectivity index (χ3v) is 2.88. The van der Waals surface area contributed by atoms with Gasteiger partial charge >= 0.3 is 0 Å². The third-order valence-electron chi connectivity index (χ3n) is 2.88. The standard InChI is InChI=1S/C15H14O5/c16-11(5-9-1-3-12(17)14(19)7-9)6-10-2-4-13(18)15(20)8-10/h1-4,7-8,17-20H,5-6H2. The zero-order valence-corrected chi connectivity index (χ0v) is 10.6. The van der Waals surface area contributed by atoms with Gasteiger partial charge in [0.2, 0.25) is 0 Å². The molecule has 0 heterocycles. The normalized spacial score (nSPS) is 10.4. The molecule has 2 aromatic rings. The number of phenolic OH excluding ortho intramolecular Hbond substituents is 4. The molecule has 0 radical (unpaired) electrons. The molecule has 5 heteroatoms. The Bertz CT molecular complexity index is 593. The molecule has 0 amide bonds. The lowest BCUT2D eigenvalue weighted by Gasteiger charge is -2.05. The number of benzene rings is 2. The van der Waals surface area contributed by atoms with Crippen molar-refractivity contribution in [3.8, 4) is 23.0 Å². The van der Waals surface area contributed by atoms with Gasteiger partial charge in [0.05, 0.1) is 0 Å². The summed E-state index contributed by atoms with van der Waals surface area (Å²) in [7, 11) is 0. The van der Waals surface area contributed by atoms with E-state index in [2.05, 4.69) is 0 Å². The Morgan fingerprint density at radius 2 is 1.10 bits per heavy atom. The Balaban J connectivity index is 2.04. The third kappa shape index (κ3) is 3.20. The number of ketones is 1. The van der Waals surface area contributed by atoms with Gasteiger partial charge in [0.1, 0.15) is 5.78 Å². The van der Waals surface area contributed by atoms with Crippen molar-refractivity contribution in [2.45, 2.75) is 12.8 Å². The first-order valence-electron chi connectivity index (χ1n) is 5.99. The Kier molecular flexibility index (Phi) is 3.79. The average Bonchev–Trinajstić information content (AvgIpc) is 2.38. The van der Waals surface area contributed by atoms with Crippen molar-refractivity contribution in [1.29, 1.82) is 0 Å². The second-order valence-electron chi connectivity index (χ2n) is 4.54. The molecular weight excluding hydrogens is 260 g/mol. The molecule has 2 aromatic carbocycles. The van der Waals surface area contributed by atoms with Crippen molar-refractivity contribution >= 4 is 5.78 Å². The van der Waals surface area contributed by atoms with E-state index < -0.39 is 0 Å². The minimum Gasteiger partial charge on any atom is -0.504 e. The first kappa shape index (κ1) is 13.7. The molecule has 0 atom stereocenters. The summed E-state index contributed by atoms with van der Waals surface area (Å²) in [5, 5.41) is 37.1. The Morgan fingerprint density at radius 3 is 1.45 bits per heavy atom. The van der Waals surface area contributed by atoms with Crippen molar-refractivity contribution in [3.05, 3.63) is 47.5 Å². The van der Waals surface area contributed by atoms with Crippen molar-refractivity contribution in [1.82, 2.24) is 0 Å². The molecule has 5 nitrogen and oxygen atoms in total. The van der Waals surface area contributed by atoms with Gasteiger partial charge in [0.15, 0.2) is 23.0 Å². The van der Waals surface area contributed by atoms with Crippen molar-refractivity contribution in [3.63, 3.8) is 0 Å². The van der Waals surface area contributed by atoms with Crippen LogP contribution in [0.4, 0.5) is 0 Å². The molecule has 0 saturated carbocycles. The molecule has 0 saturated heterocycles. The molecule has 0 aliphatic carbocycles. The summed E-state index contributed by atoms with van der Waals surface area (Å²) in [4.78, 5) is 11.9. The van der Waals surface area contributed by atoms with Gasteiger partial charge in [0, 0.05) is 12.8 Å². The SMILES string of the molecule is O=C(Cc1ccc(O)c(O)c1)Cc1ccc(O)c(O)c1. The zero-order valence-electron chi connectivity index (χ0n) is 10.6. The van der Waals surface area contributed by atoms with E-state index in [1.54, 1.807) is 12.1 Å². The van der Waals surface area contributed by atoms with Crippen LogP contribution in [0.1, 0.15) is 11.1 Å². The van der Waals surface area contributed by atoms with E-state index in [1.165, 1.54) is 24.3 Å². The summed E-state index contributed by atoms with van der Waals surface area (Å²) in [5.41, 5.74) is 1.18. The number of aromatic hydroxyl groups is 4. The fourth-order valence-corrected chi connectivity index (χ4v) is 1.88. The fourth-order valence-electron chi connectivity index (χ4n) is 1.88.